The van der Waals surface area contributed by atoms with Gasteiger partial charge in [-0.15, -0.1) is 0 Å². The first kappa shape index (κ1) is 16.3. The van der Waals surface area contributed by atoms with Crippen molar-refractivity contribution in [2.45, 2.75) is 25.3 Å². The molecule has 0 aliphatic carbocycles. The van der Waals surface area contributed by atoms with Crippen molar-refractivity contribution in [1.82, 2.24) is 9.88 Å². The van der Waals surface area contributed by atoms with Crippen molar-refractivity contribution < 1.29 is 14.3 Å². The molecule has 2 aromatic rings. The van der Waals surface area contributed by atoms with Gasteiger partial charge >= 0.3 is 0 Å². The number of ether oxygens (including phenoxy) is 2. The maximum atomic E-state index is 12.8. The zero-order chi connectivity index (χ0) is 16.9. The number of pyridine rings is 1. The number of carbonyl (C=O) groups excluding carboxylic acids is 1. The van der Waals surface area contributed by atoms with E-state index in [1.165, 1.54) is 0 Å². The predicted molar refractivity (Wildman–Crippen MR) is 91.2 cm³/mol. The van der Waals surface area contributed by atoms with Crippen LogP contribution in [0.1, 0.15) is 30.0 Å². The maximum Gasteiger partial charge on any atom is 0.227 e. The quantitative estimate of drug-likeness (QED) is 0.847. The molecule has 3 rings (SSSR count). The first-order valence-corrected chi connectivity index (χ1v) is 8.13. The summed E-state index contributed by atoms with van der Waals surface area (Å²) in [5, 5.41) is 0. The van der Waals surface area contributed by atoms with Gasteiger partial charge in [0.15, 0.2) is 0 Å². The zero-order valence-electron chi connectivity index (χ0n) is 14.1. The van der Waals surface area contributed by atoms with Gasteiger partial charge in [-0.2, -0.15) is 0 Å². The first-order chi connectivity index (χ1) is 11.7. The first-order valence-electron chi connectivity index (χ1n) is 8.13. The molecule has 0 N–H and O–H groups in total. The monoisotopic (exact) mass is 326 g/mol. The summed E-state index contributed by atoms with van der Waals surface area (Å²) in [7, 11) is 3.22. The minimum Gasteiger partial charge on any atom is -0.497 e. The Morgan fingerprint density at radius 2 is 2.17 bits per heavy atom. The number of rotatable bonds is 5. The molecule has 1 amide bonds. The van der Waals surface area contributed by atoms with Crippen LogP contribution in [0.15, 0.2) is 42.7 Å². The number of carbonyl (C=O) groups is 1. The molecule has 1 aromatic heterocycles. The number of likely N-dealkylation sites (tertiary alicyclic amines) is 1. The van der Waals surface area contributed by atoms with Crippen LogP contribution in [-0.4, -0.2) is 36.6 Å². The van der Waals surface area contributed by atoms with Gasteiger partial charge in [-0.3, -0.25) is 9.78 Å². The maximum absolute atomic E-state index is 12.8. The lowest BCUT2D eigenvalue weighted by atomic mass is 10.1. The average molecular weight is 326 g/mol. The van der Waals surface area contributed by atoms with Crippen molar-refractivity contribution in [3.63, 3.8) is 0 Å². The van der Waals surface area contributed by atoms with Gasteiger partial charge in [0.2, 0.25) is 5.91 Å². The number of benzene rings is 1. The molecule has 5 heteroatoms. The van der Waals surface area contributed by atoms with Gasteiger partial charge in [-0.1, -0.05) is 12.1 Å². The molecular formula is C19H22N2O3. The standard InChI is InChI=1S/C19H22N2O3/c1-23-16-8-7-14(18(12-16)24-2)11-19(22)21-10-4-6-17(21)15-5-3-9-20-13-15/h3,5,7-9,12-13,17H,4,6,10-11H2,1-2H3/t17-/m0/s1. The molecular weight excluding hydrogens is 304 g/mol. The highest BCUT2D eigenvalue weighted by Crippen LogP contribution is 2.33. The second kappa shape index (κ2) is 7.34. The fourth-order valence-electron chi connectivity index (χ4n) is 3.25. The van der Waals surface area contributed by atoms with E-state index in [0.717, 1.165) is 36.3 Å². The Morgan fingerprint density at radius 3 is 2.88 bits per heavy atom. The van der Waals surface area contributed by atoms with Crippen LogP contribution < -0.4 is 9.47 Å². The van der Waals surface area contributed by atoms with E-state index in [1.807, 2.05) is 41.4 Å². The summed E-state index contributed by atoms with van der Waals surface area (Å²) < 4.78 is 10.6. The van der Waals surface area contributed by atoms with E-state index < -0.39 is 0 Å². The van der Waals surface area contributed by atoms with E-state index in [9.17, 15) is 4.79 Å². The van der Waals surface area contributed by atoms with Gasteiger partial charge in [0, 0.05) is 30.6 Å². The van der Waals surface area contributed by atoms with Gasteiger partial charge in [0.1, 0.15) is 11.5 Å². The van der Waals surface area contributed by atoms with Gasteiger partial charge in [0.25, 0.3) is 0 Å². The van der Waals surface area contributed by atoms with E-state index in [0.29, 0.717) is 12.2 Å². The van der Waals surface area contributed by atoms with Gasteiger partial charge in [-0.05, 0) is 30.5 Å². The lowest BCUT2D eigenvalue weighted by Crippen LogP contribution is -2.32. The number of methoxy groups -OCH3 is 2. The molecule has 0 spiro atoms. The van der Waals surface area contributed by atoms with Crippen LogP contribution in [-0.2, 0) is 11.2 Å². The highest BCUT2D eigenvalue weighted by Gasteiger charge is 2.30. The lowest BCUT2D eigenvalue weighted by Gasteiger charge is -2.25. The predicted octanol–water partition coefficient (Wildman–Crippen LogP) is 3.01. The summed E-state index contributed by atoms with van der Waals surface area (Å²) in [6.07, 6.45) is 5.93. The molecule has 1 fully saturated rings. The van der Waals surface area contributed by atoms with Crippen LogP contribution in [0, 0.1) is 0 Å². The second-order valence-corrected chi connectivity index (χ2v) is 5.89. The molecule has 1 aromatic carbocycles. The molecule has 1 aliphatic heterocycles. The fourth-order valence-corrected chi connectivity index (χ4v) is 3.25. The molecule has 0 unspecified atom stereocenters. The van der Waals surface area contributed by atoms with E-state index >= 15 is 0 Å². The molecule has 0 radical (unpaired) electrons. The Labute approximate surface area is 142 Å². The van der Waals surface area contributed by atoms with E-state index in [-0.39, 0.29) is 11.9 Å². The van der Waals surface area contributed by atoms with Gasteiger partial charge < -0.3 is 14.4 Å². The summed E-state index contributed by atoms with van der Waals surface area (Å²) in [6, 6.07) is 9.64. The molecule has 1 aliphatic rings. The summed E-state index contributed by atoms with van der Waals surface area (Å²) >= 11 is 0. The summed E-state index contributed by atoms with van der Waals surface area (Å²) in [5.74, 6) is 1.52. The smallest absolute Gasteiger partial charge is 0.227 e. The van der Waals surface area contributed by atoms with Crippen molar-refractivity contribution in [2.75, 3.05) is 20.8 Å². The average Bonchev–Trinajstić information content (AvgIpc) is 3.12. The third kappa shape index (κ3) is 3.35. The molecule has 126 valence electrons. The van der Waals surface area contributed by atoms with Crippen molar-refractivity contribution in [3.05, 3.63) is 53.9 Å². The molecule has 1 atom stereocenters. The third-order valence-corrected chi connectivity index (χ3v) is 4.48. The van der Waals surface area contributed by atoms with Gasteiger partial charge in [0.05, 0.1) is 26.7 Å². The van der Waals surface area contributed by atoms with Crippen LogP contribution in [0.3, 0.4) is 0 Å². The fraction of sp³-hybridized carbons (Fsp3) is 0.368. The second-order valence-electron chi connectivity index (χ2n) is 5.89. The number of aromatic nitrogens is 1. The molecule has 0 bridgehead atoms. The Hall–Kier alpha value is -2.56. The van der Waals surface area contributed by atoms with Crippen molar-refractivity contribution >= 4 is 5.91 Å². The largest absolute Gasteiger partial charge is 0.497 e. The Kier molecular flexibility index (Phi) is 4.99. The number of amides is 1. The van der Waals surface area contributed by atoms with Crippen LogP contribution in [0.4, 0.5) is 0 Å². The highest BCUT2D eigenvalue weighted by atomic mass is 16.5. The summed E-state index contributed by atoms with van der Waals surface area (Å²) in [6.45, 7) is 0.789. The Bertz CT molecular complexity index is 703. The normalized spacial score (nSPS) is 16.9. The van der Waals surface area contributed by atoms with Crippen LogP contribution in [0.5, 0.6) is 11.5 Å². The number of nitrogens with zero attached hydrogens (tertiary/aromatic N) is 2. The third-order valence-electron chi connectivity index (χ3n) is 4.48. The summed E-state index contributed by atoms with van der Waals surface area (Å²) in [4.78, 5) is 19.0. The van der Waals surface area contributed by atoms with E-state index in [1.54, 1.807) is 20.4 Å². The van der Waals surface area contributed by atoms with Gasteiger partial charge in [-0.25, -0.2) is 0 Å². The molecule has 2 heterocycles. The van der Waals surface area contributed by atoms with E-state index in [4.69, 9.17) is 9.47 Å². The van der Waals surface area contributed by atoms with Crippen LogP contribution >= 0.6 is 0 Å². The number of hydrogen-bond donors (Lipinski definition) is 0. The van der Waals surface area contributed by atoms with Crippen LogP contribution in [0.25, 0.3) is 0 Å². The Morgan fingerprint density at radius 1 is 1.29 bits per heavy atom. The number of hydrogen-bond acceptors (Lipinski definition) is 4. The molecule has 5 nitrogen and oxygen atoms in total. The van der Waals surface area contributed by atoms with Crippen molar-refractivity contribution in [1.29, 1.82) is 0 Å². The van der Waals surface area contributed by atoms with Crippen LogP contribution in [0.2, 0.25) is 0 Å². The minimum atomic E-state index is 0.116. The molecule has 0 saturated carbocycles. The Balaban J connectivity index is 1.77. The van der Waals surface area contributed by atoms with Crippen molar-refractivity contribution in [2.24, 2.45) is 0 Å². The van der Waals surface area contributed by atoms with Crippen molar-refractivity contribution in [3.8, 4) is 11.5 Å². The van der Waals surface area contributed by atoms with E-state index in [2.05, 4.69) is 4.98 Å². The topological polar surface area (TPSA) is 51.7 Å². The highest BCUT2D eigenvalue weighted by molar-refractivity contribution is 5.80. The molecule has 1 saturated heterocycles. The summed E-state index contributed by atoms with van der Waals surface area (Å²) in [5.41, 5.74) is 1.98. The zero-order valence-corrected chi connectivity index (χ0v) is 14.1. The minimum absolute atomic E-state index is 0.116. The molecule has 24 heavy (non-hydrogen) atoms. The SMILES string of the molecule is COc1ccc(CC(=O)N2CCC[C@H]2c2cccnc2)c(OC)c1. The lowest BCUT2D eigenvalue weighted by molar-refractivity contribution is -0.131.